The summed E-state index contributed by atoms with van der Waals surface area (Å²) in [6, 6.07) is 3.64. The molecule has 0 amide bonds. The summed E-state index contributed by atoms with van der Waals surface area (Å²) < 4.78 is 0. The van der Waals surface area contributed by atoms with Gasteiger partial charge in [0.2, 0.25) is 0 Å². The average molecular weight is 225 g/mol. The van der Waals surface area contributed by atoms with Gasteiger partial charge in [-0.2, -0.15) is 0 Å². The summed E-state index contributed by atoms with van der Waals surface area (Å²) in [7, 11) is 0. The van der Waals surface area contributed by atoms with Gasteiger partial charge in [-0.3, -0.25) is 9.78 Å². The first kappa shape index (κ1) is 9.96. The Morgan fingerprint density at radius 1 is 1.35 bits per heavy atom. The molecule has 0 aromatic carbocycles. The molecule has 84 valence electrons. The number of aromatic nitrogens is 3. The number of aryl methyl sites for hydroxylation is 1. The molecule has 0 saturated heterocycles. The lowest BCUT2D eigenvalue weighted by Crippen LogP contribution is -2.15. The molecule has 2 aromatic heterocycles. The van der Waals surface area contributed by atoms with Crippen molar-refractivity contribution in [1.29, 1.82) is 0 Å². The maximum Gasteiger partial charge on any atom is 0.190 e. The minimum absolute atomic E-state index is 0.0777. The number of carbonyl (C=O) groups is 1. The van der Waals surface area contributed by atoms with E-state index >= 15 is 0 Å². The second-order valence-electron chi connectivity index (χ2n) is 4.00. The predicted octanol–water partition coefficient (Wildman–Crippen LogP) is 2.02. The number of hydrogen-bond acceptors (Lipinski definition) is 3. The van der Waals surface area contributed by atoms with Crippen molar-refractivity contribution < 1.29 is 4.79 Å². The lowest BCUT2D eigenvalue weighted by molar-refractivity contribution is 0.102. The Balaban J connectivity index is 2.00. The van der Waals surface area contributed by atoms with E-state index in [-0.39, 0.29) is 5.78 Å². The number of hydrogen-bond donors (Lipinski definition) is 1. The fourth-order valence-corrected chi connectivity index (χ4v) is 2.05. The molecule has 0 unspecified atom stereocenters. The van der Waals surface area contributed by atoms with E-state index in [1.165, 1.54) is 0 Å². The Morgan fingerprint density at radius 3 is 3.12 bits per heavy atom. The fraction of sp³-hybridized carbons (Fsp3) is 0.154. The Morgan fingerprint density at radius 2 is 2.29 bits per heavy atom. The van der Waals surface area contributed by atoms with E-state index in [4.69, 9.17) is 0 Å². The van der Waals surface area contributed by atoms with Crippen LogP contribution in [-0.4, -0.2) is 20.7 Å². The molecular formula is C13H11N3O. The van der Waals surface area contributed by atoms with Crippen molar-refractivity contribution in [3.05, 3.63) is 53.4 Å². The molecule has 0 spiro atoms. The number of Topliss-reactive ketones (excluding diaryl/α,β-unsaturated/α-hetero) is 1. The van der Waals surface area contributed by atoms with Crippen LogP contribution in [0.25, 0.3) is 6.08 Å². The fourth-order valence-electron chi connectivity index (χ4n) is 2.05. The zero-order chi connectivity index (χ0) is 11.7. The van der Waals surface area contributed by atoms with Gasteiger partial charge >= 0.3 is 0 Å². The first-order chi connectivity index (χ1) is 8.34. The van der Waals surface area contributed by atoms with Crippen LogP contribution in [0.4, 0.5) is 0 Å². The van der Waals surface area contributed by atoms with Gasteiger partial charge < -0.3 is 4.98 Å². The highest BCUT2D eigenvalue weighted by molar-refractivity contribution is 6.12. The van der Waals surface area contributed by atoms with Crippen molar-refractivity contribution in [3.63, 3.8) is 0 Å². The normalized spacial score (nSPS) is 17.2. The Hall–Kier alpha value is -2.23. The number of aromatic amines is 1. The predicted molar refractivity (Wildman–Crippen MR) is 63.5 cm³/mol. The van der Waals surface area contributed by atoms with E-state index in [1.807, 2.05) is 12.1 Å². The summed E-state index contributed by atoms with van der Waals surface area (Å²) in [5, 5.41) is 0. The molecule has 0 atom stereocenters. The number of nitrogens with one attached hydrogen (secondary N) is 1. The number of allylic oxidation sites excluding steroid dienone is 1. The maximum absolute atomic E-state index is 12.2. The lowest BCUT2D eigenvalue weighted by atomic mass is 9.90. The SMILES string of the molecule is O=C1C(=Cc2cnc[nH]2)CCc2ncccc21. The number of rotatable bonds is 1. The molecule has 2 heterocycles. The first-order valence-corrected chi connectivity index (χ1v) is 5.52. The second kappa shape index (κ2) is 3.97. The Kier molecular flexibility index (Phi) is 2.33. The molecule has 0 bridgehead atoms. The summed E-state index contributed by atoms with van der Waals surface area (Å²) in [5.41, 5.74) is 3.30. The number of pyridine rings is 1. The molecule has 0 aliphatic heterocycles. The van der Waals surface area contributed by atoms with Crippen LogP contribution in [0.5, 0.6) is 0 Å². The standard InChI is InChI=1S/C13H11N3O/c17-13-9(6-10-7-14-8-16-10)3-4-12-11(13)2-1-5-15-12/h1-2,5-8H,3-4H2,(H,14,16). The third kappa shape index (κ3) is 1.78. The van der Waals surface area contributed by atoms with Gasteiger partial charge in [-0.25, -0.2) is 4.98 Å². The van der Waals surface area contributed by atoms with E-state index < -0.39 is 0 Å². The Bertz CT molecular complexity index is 584. The summed E-state index contributed by atoms with van der Waals surface area (Å²) in [6.45, 7) is 0. The molecule has 0 radical (unpaired) electrons. The van der Waals surface area contributed by atoms with Gasteiger partial charge in [-0.15, -0.1) is 0 Å². The van der Waals surface area contributed by atoms with Gasteiger partial charge in [0.15, 0.2) is 5.78 Å². The molecule has 17 heavy (non-hydrogen) atoms. The number of ketones is 1. The maximum atomic E-state index is 12.2. The summed E-state index contributed by atoms with van der Waals surface area (Å²) in [5.74, 6) is 0.0777. The van der Waals surface area contributed by atoms with E-state index in [2.05, 4.69) is 15.0 Å². The van der Waals surface area contributed by atoms with E-state index in [0.29, 0.717) is 0 Å². The van der Waals surface area contributed by atoms with Gasteiger partial charge in [0.1, 0.15) is 0 Å². The molecule has 4 nitrogen and oxygen atoms in total. The molecule has 1 N–H and O–H groups in total. The van der Waals surface area contributed by atoms with Crippen LogP contribution in [0.1, 0.15) is 28.2 Å². The van der Waals surface area contributed by atoms with Crippen molar-refractivity contribution in [1.82, 2.24) is 15.0 Å². The molecule has 3 rings (SSSR count). The van der Waals surface area contributed by atoms with E-state index in [0.717, 1.165) is 35.4 Å². The number of carbonyl (C=O) groups excluding carboxylic acids is 1. The van der Waals surface area contributed by atoms with Crippen LogP contribution in [-0.2, 0) is 6.42 Å². The van der Waals surface area contributed by atoms with Crippen molar-refractivity contribution in [2.75, 3.05) is 0 Å². The van der Waals surface area contributed by atoms with Gasteiger partial charge in [-0.1, -0.05) is 0 Å². The number of imidazole rings is 1. The van der Waals surface area contributed by atoms with Crippen LogP contribution in [0.3, 0.4) is 0 Å². The molecule has 0 saturated carbocycles. The van der Waals surface area contributed by atoms with Crippen molar-refractivity contribution in [2.24, 2.45) is 0 Å². The molecular weight excluding hydrogens is 214 g/mol. The van der Waals surface area contributed by atoms with Crippen LogP contribution in [0.2, 0.25) is 0 Å². The smallest absolute Gasteiger partial charge is 0.190 e. The van der Waals surface area contributed by atoms with Crippen molar-refractivity contribution in [2.45, 2.75) is 12.8 Å². The highest BCUT2D eigenvalue weighted by atomic mass is 16.1. The van der Waals surface area contributed by atoms with Crippen LogP contribution >= 0.6 is 0 Å². The van der Waals surface area contributed by atoms with Crippen LogP contribution in [0.15, 0.2) is 36.4 Å². The van der Waals surface area contributed by atoms with Crippen molar-refractivity contribution in [3.8, 4) is 0 Å². The largest absolute Gasteiger partial charge is 0.345 e. The highest BCUT2D eigenvalue weighted by Gasteiger charge is 2.22. The molecule has 1 aliphatic carbocycles. The third-order valence-corrected chi connectivity index (χ3v) is 2.91. The second-order valence-corrected chi connectivity index (χ2v) is 4.00. The van der Waals surface area contributed by atoms with E-state index in [1.54, 1.807) is 24.8 Å². The van der Waals surface area contributed by atoms with Crippen LogP contribution < -0.4 is 0 Å². The lowest BCUT2D eigenvalue weighted by Gasteiger charge is -2.15. The average Bonchev–Trinajstić information content (AvgIpc) is 2.86. The summed E-state index contributed by atoms with van der Waals surface area (Å²) >= 11 is 0. The van der Waals surface area contributed by atoms with Gasteiger partial charge in [0, 0.05) is 17.3 Å². The Labute approximate surface area is 98.4 Å². The minimum Gasteiger partial charge on any atom is -0.345 e. The zero-order valence-corrected chi connectivity index (χ0v) is 9.18. The quantitative estimate of drug-likeness (QED) is 0.755. The number of nitrogens with zero attached hydrogens (tertiary/aromatic N) is 2. The molecule has 2 aromatic rings. The highest BCUT2D eigenvalue weighted by Crippen LogP contribution is 2.24. The summed E-state index contributed by atoms with van der Waals surface area (Å²) in [4.78, 5) is 23.3. The third-order valence-electron chi connectivity index (χ3n) is 2.91. The topological polar surface area (TPSA) is 58.6 Å². The number of H-pyrrole nitrogens is 1. The zero-order valence-electron chi connectivity index (χ0n) is 9.18. The van der Waals surface area contributed by atoms with Crippen LogP contribution in [0, 0.1) is 0 Å². The first-order valence-electron chi connectivity index (χ1n) is 5.52. The molecule has 4 heteroatoms. The summed E-state index contributed by atoms with van der Waals surface area (Å²) in [6.07, 6.45) is 8.47. The molecule has 1 aliphatic rings. The van der Waals surface area contributed by atoms with Gasteiger partial charge in [0.05, 0.1) is 23.9 Å². The molecule has 0 fully saturated rings. The number of fused-ring (bicyclic) bond motifs is 1. The monoisotopic (exact) mass is 225 g/mol. The van der Waals surface area contributed by atoms with Gasteiger partial charge in [0.25, 0.3) is 0 Å². The van der Waals surface area contributed by atoms with Gasteiger partial charge in [-0.05, 0) is 31.1 Å². The minimum atomic E-state index is 0.0777. The van der Waals surface area contributed by atoms with E-state index in [9.17, 15) is 4.79 Å². The van der Waals surface area contributed by atoms with Crippen molar-refractivity contribution >= 4 is 11.9 Å².